The van der Waals surface area contributed by atoms with Crippen LogP contribution in [0.15, 0.2) is 60.0 Å². The first-order chi connectivity index (χ1) is 9.15. The molecule has 0 aliphatic carbocycles. The Bertz CT molecular complexity index is 609. The van der Waals surface area contributed by atoms with E-state index in [1.54, 1.807) is 48.8 Å². The molecule has 5 nitrogen and oxygen atoms in total. The molecular weight excluding hydrogens is 242 g/mol. The number of carbonyl (C=O) groups excluding carboxylic acids is 1. The number of amides is 1. The number of aromatic nitrogens is 1. The fourth-order valence-corrected chi connectivity index (χ4v) is 1.55. The minimum absolute atomic E-state index is 0.174. The molecule has 0 atom stereocenters. The summed E-state index contributed by atoms with van der Waals surface area (Å²) < 4.78 is 1.38. The highest BCUT2D eigenvalue weighted by Crippen LogP contribution is 2.01. The van der Waals surface area contributed by atoms with E-state index in [2.05, 4.69) is 10.4 Å². The van der Waals surface area contributed by atoms with Crippen LogP contribution in [-0.4, -0.2) is 11.8 Å². The summed E-state index contributed by atoms with van der Waals surface area (Å²) in [6, 6.07) is 12.2. The SMILES string of the molecule is CC(=O)Nc1ccc[n+](/N=C(/[O-])c2ccccc2)c1. The molecule has 1 aromatic carbocycles. The van der Waals surface area contributed by atoms with Crippen LogP contribution < -0.4 is 15.1 Å². The molecule has 19 heavy (non-hydrogen) atoms. The highest BCUT2D eigenvalue weighted by molar-refractivity contribution is 5.90. The number of hydrogen-bond acceptors (Lipinski definition) is 3. The zero-order valence-corrected chi connectivity index (χ0v) is 10.4. The molecule has 0 saturated carbocycles. The average molecular weight is 255 g/mol. The molecule has 2 aromatic rings. The van der Waals surface area contributed by atoms with Crippen molar-refractivity contribution in [2.45, 2.75) is 6.92 Å². The minimum Gasteiger partial charge on any atom is -0.854 e. The Kier molecular flexibility index (Phi) is 3.87. The first-order valence-electron chi connectivity index (χ1n) is 5.75. The van der Waals surface area contributed by atoms with Crippen molar-refractivity contribution >= 4 is 17.5 Å². The zero-order chi connectivity index (χ0) is 13.7. The number of benzene rings is 1. The molecule has 0 saturated heterocycles. The summed E-state index contributed by atoms with van der Waals surface area (Å²) in [7, 11) is 0. The van der Waals surface area contributed by atoms with Gasteiger partial charge >= 0.3 is 0 Å². The predicted octanol–water partition coefficient (Wildman–Crippen LogP) is 0.503. The summed E-state index contributed by atoms with van der Waals surface area (Å²) in [5.74, 6) is -0.516. The van der Waals surface area contributed by atoms with E-state index in [1.165, 1.54) is 11.6 Å². The molecule has 0 unspecified atom stereocenters. The van der Waals surface area contributed by atoms with E-state index in [9.17, 15) is 9.90 Å². The number of nitrogens with zero attached hydrogens (tertiary/aromatic N) is 2. The van der Waals surface area contributed by atoms with Crippen LogP contribution in [0.2, 0.25) is 0 Å². The summed E-state index contributed by atoms with van der Waals surface area (Å²) >= 11 is 0. The van der Waals surface area contributed by atoms with Gasteiger partial charge in [-0.05, 0) is 16.7 Å². The van der Waals surface area contributed by atoms with Crippen molar-refractivity contribution in [2.24, 2.45) is 5.10 Å². The van der Waals surface area contributed by atoms with Crippen LogP contribution in [0, 0.1) is 0 Å². The van der Waals surface area contributed by atoms with Crippen LogP contribution in [0.25, 0.3) is 0 Å². The van der Waals surface area contributed by atoms with Crippen molar-refractivity contribution in [1.29, 1.82) is 0 Å². The maximum atomic E-state index is 11.9. The van der Waals surface area contributed by atoms with Crippen molar-refractivity contribution in [3.05, 3.63) is 60.4 Å². The second-order valence-electron chi connectivity index (χ2n) is 3.93. The van der Waals surface area contributed by atoms with Crippen LogP contribution in [0.4, 0.5) is 5.69 Å². The van der Waals surface area contributed by atoms with Crippen molar-refractivity contribution in [3.8, 4) is 0 Å². The fourth-order valence-electron chi connectivity index (χ4n) is 1.55. The van der Waals surface area contributed by atoms with Gasteiger partial charge in [-0.25, -0.2) is 0 Å². The first-order valence-corrected chi connectivity index (χ1v) is 5.75. The Morgan fingerprint density at radius 1 is 1.21 bits per heavy atom. The number of rotatable bonds is 3. The number of carbonyl (C=O) groups is 1. The molecular formula is C14H13N3O2. The van der Waals surface area contributed by atoms with E-state index in [1.807, 2.05) is 6.07 Å². The van der Waals surface area contributed by atoms with Gasteiger partial charge in [0.25, 0.3) is 0 Å². The van der Waals surface area contributed by atoms with Gasteiger partial charge in [-0.3, -0.25) is 4.79 Å². The highest BCUT2D eigenvalue weighted by Gasteiger charge is 2.03. The van der Waals surface area contributed by atoms with Gasteiger partial charge in [0.05, 0.1) is 5.90 Å². The summed E-state index contributed by atoms with van der Waals surface area (Å²) in [6.07, 6.45) is 3.20. The number of hydrogen-bond donors (Lipinski definition) is 1. The van der Waals surface area contributed by atoms with Crippen LogP contribution >= 0.6 is 0 Å². The molecule has 0 fully saturated rings. The van der Waals surface area contributed by atoms with Gasteiger partial charge in [-0.1, -0.05) is 35.0 Å². The lowest BCUT2D eigenvalue weighted by molar-refractivity contribution is -0.680. The quantitative estimate of drug-likeness (QED) is 0.493. The summed E-state index contributed by atoms with van der Waals surface area (Å²) in [5.41, 5.74) is 1.10. The maximum Gasteiger partial charge on any atom is 0.225 e. The standard InChI is InChI=1S/C14H13N3O2/c1-11(18)15-13-8-5-9-17(10-13)16-14(19)12-6-3-2-4-7-12/h2-10H,1H3,(H-,15,16,18,19). The van der Waals surface area contributed by atoms with Gasteiger partial charge in [0.15, 0.2) is 0 Å². The Labute approximate surface area is 110 Å². The fraction of sp³-hybridized carbons (Fsp3) is 0.0714. The zero-order valence-electron chi connectivity index (χ0n) is 10.4. The normalized spacial score (nSPS) is 11.1. The van der Waals surface area contributed by atoms with E-state index in [-0.39, 0.29) is 11.8 Å². The van der Waals surface area contributed by atoms with Crippen LogP contribution in [-0.2, 0) is 4.79 Å². The lowest BCUT2D eigenvalue weighted by Crippen LogP contribution is -2.33. The highest BCUT2D eigenvalue weighted by atomic mass is 16.3. The molecule has 1 amide bonds. The Hall–Kier alpha value is -2.69. The van der Waals surface area contributed by atoms with Crippen molar-refractivity contribution < 1.29 is 14.6 Å². The van der Waals surface area contributed by atoms with Crippen LogP contribution in [0.3, 0.4) is 0 Å². The van der Waals surface area contributed by atoms with Crippen LogP contribution in [0.5, 0.6) is 0 Å². The molecule has 5 heteroatoms. The van der Waals surface area contributed by atoms with Crippen molar-refractivity contribution in [2.75, 3.05) is 5.32 Å². The molecule has 1 aromatic heterocycles. The van der Waals surface area contributed by atoms with E-state index < -0.39 is 0 Å². The smallest absolute Gasteiger partial charge is 0.225 e. The van der Waals surface area contributed by atoms with Gasteiger partial charge in [-0.2, -0.15) is 0 Å². The number of pyridine rings is 1. The molecule has 0 bridgehead atoms. The van der Waals surface area contributed by atoms with Gasteiger partial charge in [0.1, 0.15) is 5.69 Å². The molecule has 1 heterocycles. The van der Waals surface area contributed by atoms with Gasteiger partial charge in [0, 0.05) is 13.0 Å². The third-order valence-electron chi connectivity index (χ3n) is 2.33. The van der Waals surface area contributed by atoms with Gasteiger partial charge in [-0.15, -0.1) is 0 Å². The molecule has 2 rings (SSSR count). The third kappa shape index (κ3) is 3.64. The van der Waals surface area contributed by atoms with Gasteiger partial charge < -0.3 is 10.4 Å². The maximum absolute atomic E-state index is 11.9. The molecule has 0 radical (unpaired) electrons. The largest absolute Gasteiger partial charge is 0.854 e. The first kappa shape index (κ1) is 12.8. The van der Waals surface area contributed by atoms with E-state index in [0.717, 1.165) is 0 Å². The lowest BCUT2D eigenvalue weighted by Gasteiger charge is -2.06. The summed E-state index contributed by atoms with van der Waals surface area (Å²) in [5, 5.41) is 18.4. The van der Waals surface area contributed by atoms with Gasteiger partial charge in [0.2, 0.25) is 18.3 Å². The number of anilines is 1. The average Bonchev–Trinajstić information content (AvgIpc) is 2.39. The van der Waals surface area contributed by atoms with E-state index in [0.29, 0.717) is 11.3 Å². The Balaban J connectivity index is 2.25. The number of nitrogens with one attached hydrogen (secondary N) is 1. The summed E-state index contributed by atoms with van der Waals surface area (Å²) in [6.45, 7) is 1.42. The minimum atomic E-state index is -0.342. The third-order valence-corrected chi connectivity index (χ3v) is 2.33. The second kappa shape index (κ2) is 5.77. The molecule has 0 aliphatic heterocycles. The molecule has 0 spiro atoms. The second-order valence-corrected chi connectivity index (χ2v) is 3.93. The lowest BCUT2D eigenvalue weighted by atomic mass is 10.2. The monoisotopic (exact) mass is 255 g/mol. The molecule has 96 valence electrons. The Morgan fingerprint density at radius 2 is 1.95 bits per heavy atom. The Morgan fingerprint density at radius 3 is 2.63 bits per heavy atom. The van der Waals surface area contributed by atoms with Crippen molar-refractivity contribution in [1.82, 2.24) is 0 Å². The van der Waals surface area contributed by atoms with Crippen LogP contribution in [0.1, 0.15) is 12.5 Å². The molecule has 1 N–H and O–H groups in total. The van der Waals surface area contributed by atoms with Crippen molar-refractivity contribution in [3.63, 3.8) is 0 Å². The predicted molar refractivity (Wildman–Crippen MR) is 69.3 cm³/mol. The van der Waals surface area contributed by atoms with E-state index in [4.69, 9.17) is 0 Å². The summed E-state index contributed by atoms with van der Waals surface area (Å²) in [4.78, 5) is 11.0. The topological polar surface area (TPSA) is 68.4 Å². The molecule has 0 aliphatic rings. The van der Waals surface area contributed by atoms with E-state index >= 15 is 0 Å².